The van der Waals surface area contributed by atoms with Gasteiger partial charge in [-0.25, -0.2) is 5.84 Å². The van der Waals surface area contributed by atoms with E-state index in [9.17, 15) is 0 Å². The van der Waals surface area contributed by atoms with E-state index in [-0.39, 0.29) is 0 Å². The van der Waals surface area contributed by atoms with Crippen molar-refractivity contribution in [2.75, 3.05) is 0 Å². The highest BCUT2D eigenvalue weighted by Gasteiger charge is 2.06. The predicted molar refractivity (Wildman–Crippen MR) is 70.2 cm³/mol. The second-order valence-electron chi connectivity index (χ2n) is 2.90. The van der Waals surface area contributed by atoms with Gasteiger partial charge in [0.2, 0.25) is 0 Å². The Kier molecular flexibility index (Phi) is 4.92. The molecule has 1 aromatic carbocycles. The molecule has 0 amide bonds. The molecule has 0 aromatic heterocycles. The first-order valence-electron chi connectivity index (χ1n) is 4.08. The van der Waals surface area contributed by atoms with Gasteiger partial charge in [-0.15, -0.1) is 0 Å². The summed E-state index contributed by atoms with van der Waals surface area (Å²) >= 11 is 12.2. The lowest BCUT2D eigenvalue weighted by Gasteiger charge is -2.18. The largest absolute Gasteiger partial charge is 0.391 e. The van der Waals surface area contributed by atoms with Crippen LogP contribution in [0.2, 0.25) is 5.02 Å². The van der Waals surface area contributed by atoms with Gasteiger partial charge in [-0.3, -0.25) is 5.01 Å². The maximum atomic E-state index is 5.85. The summed E-state index contributed by atoms with van der Waals surface area (Å²) in [6.07, 6.45) is 0. The molecule has 0 aliphatic heterocycles. The summed E-state index contributed by atoms with van der Waals surface area (Å²) in [5.41, 5.74) is 6.53. The molecule has 4 N–H and O–H groups in total. The highest BCUT2D eigenvalue weighted by Crippen LogP contribution is 2.18. The third-order valence-electron chi connectivity index (χ3n) is 1.69. The average molecular weight is 355 g/mol. The monoisotopic (exact) mass is 353 g/mol. The van der Waals surface area contributed by atoms with Crippen molar-refractivity contribution in [1.29, 1.82) is 0 Å². The lowest BCUT2D eigenvalue weighted by Crippen LogP contribution is -2.28. The fraction of sp³-hybridized carbons (Fsp3) is 0.111. The highest BCUT2D eigenvalue weighted by molar-refractivity contribution is 9.14. The van der Waals surface area contributed by atoms with Gasteiger partial charge in [0, 0.05) is 5.02 Å². The number of hydrogen-bond acceptors (Lipinski definition) is 3. The molecule has 6 heteroatoms. The van der Waals surface area contributed by atoms with Crippen molar-refractivity contribution >= 4 is 43.5 Å². The minimum Gasteiger partial charge on any atom is -0.391 e. The van der Waals surface area contributed by atoms with Gasteiger partial charge in [-0.2, -0.15) is 0 Å². The summed E-state index contributed by atoms with van der Waals surface area (Å²) in [6, 6.07) is 7.48. The first-order chi connectivity index (χ1) is 7.00. The van der Waals surface area contributed by atoms with Crippen LogP contribution in [0.4, 0.5) is 0 Å². The van der Waals surface area contributed by atoms with Gasteiger partial charge in [0.15, 0.2) is 0 Å². The fourth-order valence-electron chi connectivity index (χ4n) is 1.04. The number of hydrazine groups is 1. The molecule has 1 rings (SSSR count). The van der Waals surface area contributed by atoms with Crippen LogP contribution in [0.15, 0.2) is 33.5 Å². The lowest BCUT2D eigenvalue weighted by atomic mass is 10.2. The Bertz CT molecular complexity index is 377. The Balaban J connectivity index is 2.75. The smallest absolute Gasteiger partial charge is 0.126 e. The molecule has 0 saturated carbocycles. The number of rotatable bonds is 3. The topological polar surface area (TPSA) is 55.3 Å². The molecule has 0 radical (unpaired) electrons. The second kappa shape index (κ2) is 5.75. The van der Waals surface area contributed by atoms with Crippen molar-refractivity contribution in [3.8, 4) is 0 Å². The minimum atomic E-state index is 0.451. The summed E-state index contributed by atoms with van der Waals surface area (Å²) < 4.78 is 1.05. The molecule has 15 heavy (non-hydrogen) atoms. The zero-order chi connectivity index (χ0) is 11.4. The average Bonchev–Trinajstić information content (AvgIpc) is 2.16. The molecule has 1 aromatic rings. The van der Waals surface area contributed by atoms with E-state index in [1.807, 2.05) is 24.3 Å². The summed E-state index contributed by atoms with van der Waals surface area (Å²) in [7, 11) is 0. The molecule has 0 spiro atoms. The molecular formula is C9H10Br2ClN3. The van der Waals surface area contributed by atoms with Gasteiger partial charge in [0.1, 0.15) is 9.21 Å². The van der Waals surface area contributed by atoms with Crippen molar-refractivity contribution in [3.05, 3.63) is 44.1 Å². The number of nitrogens with two attached hydrogens (primary N) is 2. The standard InChI is InChI=1S/C9H10Br2ClN3/c10-8(13)9(11)15(14)5-6-2-1-3-7(12)4-6/h1-4H,5,13-14H2/b9-8-. The van der Waals surface area contributed by atoms with Crippen molar-refractivity contribution in [2.45, 2.75) is 6.54 Å². The van der Waals surface area contributed by atoms with Crippen LogP contribution in [0, 0.1) is 0 Å². The molecule has 0 bridgehead atoms. The van der Waals surface area contributed by atoms with E-state index in [1.54, 1.807) is 0 Å². The van der Waals surface area contributed by atoms with E-state index in [1.165, 1.54) is 5.01 Å². The SMILES string of the molecule is N/C(Br)=C(/Br)N(N)Cc1cccc(Cl)c1. The van der Waals surface area contributed by atoms with Crippen LogP contribution >= 0.6 is 43.5 Å². The van der Waals surface area contributed by atoms with Gasteiger partial charge >= 0.3 is 0 Å². The van der Waals surface area contributed by atoms with Crippen molar-refractivity contribution in [2.24, 2.45) is 11.6 Å². The minimum absolute atomic E-state index is 0.451. The predicted octanol–water partition coefficient (Wildman–Crippen LogP) is 2.89. The number of nitrogens with zero attached hydrogens (tertiary/aromatic N) is 1. The number of halogens is 3. The normalized spacial score (nSPS) is 12.3. The third-order valence-corrected chi connectivity index (χ3v) is 3.72. The van der Waals surface area contributed by atoms with E-state index in [0.29, 0.717) is 20.8 Å². The quantitative estimate of drug-likeness (QED) is 0.498. The second-order valence-corrected chi connectivity index (χ2v) is 4.94. The van der Waals surface area contributed by atoms with Crippen LogP contribution in [0.3, 0.4) is 0 Å². The van der Waals surface area contributed by atoms with Crippen LogP contribution < -0.4 is 11.6 Å². The van der Waals surface area contributed by atoms with E-state index >= 15 is 0 Å². The maximum absolute atomic E-state index is 5.85. The summed E-state index contributed by atoms with van der Waals surface area (Å²) in [5, 5.41) is 2.17. The zero-order valence-corrected chi connectivity index (χ0v) is 11.7. The Labute approximate surface area is 110 Å². The maximum Gasteiger partial charge on any atom is 0.126 e. The van der Waals surface area contributed by atoms with Crippen LogP contribution in [0.1, 0.15) is 5.56 Å². The first kappa shape index (κ1) is 12.8. The van der Waals surface area contributed by atoms with Crippen LogP contribution in [-0.2, 0) is 6.54 Å². The van der Waals surface area contributed by atoms with Gasteiger partial charge in [0.05, 0.1) is 6.54 Å². The van der Waals surface area contributed by atoms with Gasteiger partial charge in [0.25, 0.3) is 0 Å². The van der Waals surface area contributed by atoms with E-state index in [0.717, 1.165) is 5.56 Å². The van der Waals surface area contributed by atoms with Crippen molar-refractivity contribution in [1.82, 2.24) is 5.01 Å². The Morgan fingerprint density at radius 2 is 2.07 bits per heavy atom. The molecule has 0 unspecified atom stereocenters. The summed E-state index contributed by atoms with van der Waals surface area (Å²) in [4.78, 5) is 0. The highest BCUT2D eigenvalue weighted by atomic mass is 79.9. The van der Waals surface area contributed by atoms with Crippen molar-refractivity contribution in [3.63, 3.8) is 0 Å². The Hall–Kier alpha value is -0.230. The van der Waals surface area contributed by atoms with Crippen LogP contribution in [0.5, 0.6) is 0 Å². The molecule has 0 aliphatic rings. The van der Waals surface area contributed by atoms with Gasteiger partial charge < -0.3 is 5.73 Å². The van der Waals surface area contributed by atoms with Crippen LogP contribution in [0.25, 0.3) is 0 Å². The lowest BCUT2D eigenvalue weighted by molar-refractivity contribution is 0.378. The van der Waals surface area contributed by atoms with Gasteiger partial charge in [-0.05, 0) is 49.6 Å². The molecule has 0 heterocycles. The van der Waals surface area contributed by atoms with E-state index < -0.39 is 0 Å². The molecule has 0 aliphatic carbocycles. The van der Waals surface area contributed by atoms with Gasteiger partial charge in [-0.1, -0.05) is 23.7 Å². The van der Waals surface area contributed by atoms with Crippen molar-refractivity contribution < 1.29 is 0 Å². The van der Waals surface area contributed by atoms with Crippen LogP contribution in [-0.4, -0.2) is 5.01 Å². The zero-order valence-electron chi connectivity index (χ0n) is 7.75. The molecule has 3 nitrogen and oxygen atoms in total. The summed E-state index contributed by atoms with van der Waals surface area (Å²) in [6.45, 7) is 0.521. The molecule has 0 saturated heterocycles. The number of benzene rings is 1. The molecule has 82 valence electrons. The Morgan fingerprint density at radius 1 is 1.40 bits per heavy atom. The third kappa shape index (κ3) is 4.03. The molecule has 0 atom stereocenters. The Morgan fingerprint density at radius 3 is 2.60 bits per heavy atom. The fourth-order valence-corrected chi connectivity index (χ4v) is 1.60. The van der Waals surface area contributed by atoms with E-state index in [2.05, 4.69) is 31.9 Å². The molecular weight excluding hydrogens is 345 g/mol. The molecule has 0 fully saturated rings. The summed E-state index contributed by atoms with van der Waals surface area (Å²) in [5.74, 6) is 5.78. The van der Waals surface area contributed by atoms with E-state index in [4.69, 9.17) is 23.2 Å². The number of hydrogen-bond donors (Lipinski definition) is 2. The first-order valence-corrected chi connectivity index (χ1v) is 6.04.